The first-order valence-corrected chi connectivity index (χ1v) is 18.9. The van der Waals surface area contributed by atoms with Gasteiger partial charge in [0.25, 0.3) is 0 Å². The second kappa shape index (κ2) is 17.0. The number of benzene rings is 2. The number of nitrogens with one attached hydrogen (secondary N) is 2. The Morgan fingerprint density at radius 1 is 0.963 bits per heavy atom. The molecule has 0 amide bonds. The van der Waals surface area contributed by atoms with Crippen molar-refractivity contribution < 1.29 is 23.7 Å². The van der Waals surface area contributed by atoms with E-state index in [1.54, 1.807) is 31.2 Å². The SMILES string of the molecule is CCCCOc1nc(N(Cc2ccc(OC)cc2)Cc2ccc(OC)cc2)c2[nH]c(=O)n(Cc3ccc(COC(=O)n4ccnc4C4CCNC4)s3)c2n1. The number of ether oxygens (including phenoxy) is 4. The van der Waals surface area contributed by atoms with Gasteiger partial charge in [0.2, 0.25) is 0 Å². The van der Waals surface area contributed by atoms with Crippen LogP contribution in [0.15, 0.2) is 77.9 Å². The Hall–Kier alpha value is -5.67. The number of aromatic amines is 1. The summed E-state index contributed by atoms with van der Waals surface area (Å²) < 4.78 is 25.6. The topological polar surface area (TPSA) is 151 Å². The van der Waals surface area contributed by atoms with Crippen molar-refractivity contribution in [3.8, 4) is 17.5 Å². The van der Waals surface area contributed by atoms with Gasteiger partial charge in [0, 0.05) is 47.7 Å². The van der Waals surface area contributed by atoms with E-state index >= 15 is 0 Å². The Bertz CT molecular complexity index is 2170. The molecule has 1 aliphatic rings. The summed E-state index contributed by atoms with van der Waals surface area (Å²) in [5.41, 5.74) is 2.66. The van der Waals surface area contributed by atoms with Crippen LogP contribution in [0.25, 0.3) is 11.2 Å². The zero-order chi connectivity index (χ0) is 37.4. The molecule has 54 heavy (non-hydrogen) atoms. The standard InChI is InChI=1S/C39H44N8O6S/c1-4-5-20-52-37-43-35(45(22-26-6-10-29(50-2)11-7-26)23-27-8-12-30(51-3)13-9-27)33-36(44-37)47(38(48)42-33)24-31-14-15-32(54-31)25-53-39(49)46-19-18-41-34(46)28-16-17-40-21-28/h6-15,18-19,28,40H,4-5,16-17,20-25H2,1-3H3,(H,42,48). The Morgan fingerprint density at radius 3 is 2.31 bits per heavy atom. The van der Waals surface area contributed by atoms with Crippen LogP contribution >= 0.6 is 11.3 Å². The molecule has 282 valence electrons. The predicted octanol–water partition coefficient (Wildman–Crippen LogP) is 6.09. The zero-order valence-corrected chi connectivity index (χ0v) is 31.4. The second-order valence-corrected chi connectivity index (χ2v) is 14.3. The average Bonchev–Trinajstić information content (AvgIpc) is 4.03. The number of nitrogens with zero attached hydrogens (tertiary/aromatic N) is 6. The lowest BCUT2D eigenvalue weighted by Crippen LogP contribution is -2.24. The lowest BCUT2D eigenvalue weighted by Gasteiger charge is -2.25. The number of H-pyrrole nitrogens is 1. The van der Waals surface area contributed by atoms with E-state index < -0.39 is 6.09 Å². The molecule has 1 unspecified atom stereocenters. The highest BCUT2D eigenvalue weighted by Crippen LogP contribution is 2.30. The summed E-state index contributed by atoms with van der Waals surface area (Å²) in [6.07, 6.45) is 5.51. The number of rotatable bonds is 16. The predicted molar refractivity (Wildman–Crippen MR) is 206 cm³/mol. The molecular formula is C39H44N8O6S. The maximum Gasteiger partial charge on any atom is 0.419 e. The molecule has 1 aliphatic heterocycles. The van der Waals surface area contributed by atoms with Gasteiger partial charge in [-0.1, -0.05) is 37.6 Å². The van der Waals surface area contributed by atoms with Crippen LogP contribution in [0.3, 0.4) is 0 Å². The minimum absolute atomic E-state index is 0.0975. The first-order valence-electron chi connectivity index (χ1n) is 18.0. The molecule has 6 aromatic rings. The minimum atomic E-state index is -0.467. The summed E-state index contributed by atoms with van der Waals surface area (Å²) >= 11 is 1.47. The van der Waals surface area contributed by atoms with Crippen molar-refractivity contribution in [1.29, 1.82) is 0 Å². The van der Waals surface area contributed by atoms with E-state index in [1.165, 1.54) is 15.9 Å². The Morgan fingerprint density at radius 2 is 1.67 bits per heavy atom. The molecule has 15 heteroatoms. The Balaban J connectivity index is 1.17. The summed E-state index contributed by atoms with van der Waals surface area (Å²) in [5, 5.41) is 3.31. The van der Waals surface area contributed by atoms with Crippen molar-refractivity contribution in [2.24, 2.45) is 0 Å². The first kappa shape index (κ1) is 36.7. The number of anilines is 1. The molecule has 1 saturated heterocycles. The third kappa shape index (κ3) is 8.42. The van der Waals surface area contributed by atoms with Crippen molar-refractivity contribution in [2.45, 2.75) is 58.3 Å². The average molecular weight is 753 g/mol. The normalized spacial score (nSPS) is 14.0. The fourth-order valence-electron chi connectivity index (χ4n) is 6.44. The molecule has 0 bridgehead atoms. The summed E-state index contributed by atoms with van der Waals surface area (Å²) in [6.45, 7) is 5.53. The van der Waals surface area contributed by atoms with Crippen LogP contribution in [-0.2, 0) is 31.0 Å². The monoisotopic (exact) mass is 752 g/mol. The van der Waals surface area contributed by atoms with Crippen LogP contribution in [0.4, 0.5) is 10.6 Å². The molecule has 0 spiro atoms. The van der Waals surface area contributed by atoms with Gasteiger partial charge in [-0.05, 0) is 66.9 Å². The highest BCUT2D eigenvalue weighted by Gasteiger charge is 2.25. The summed E-state index contributed by atoms with van der Waals surface area (Å²) in [7, 11) is 3.28. The largest absolute Gasteiger partial charge is 0.497 e. The van der Waals surface area contributed by atoms with Gasteiger partial charge in [-0.15, -0.1) is 11.3 Å². The highest BCUT2D eigenvalue weighted by atomic mass is 32.1. The molecule has 2 aromatic carbocycles. The van der Waals surface area contributed by atoms with Crippen LogP contribution in [0.2, 0.25) is 0 Å². The van der Waals surface area contributed by atoms with Crippen molar-refractivity contribution in [1.82, 2.24) is 34.4 Å². The van der Waals surface area contributed by atoms with Crippen molar-refractivity contribution in [3.63, 3.8) is 0 Å². The van der Waals surface area contributed by atoms with Crippen LogP contribution in [0.1, 0.15) is 58.8 Å². The number of methoxy groups -OCH3 is 2. The summed E-state index contributed by atoms with van der Waals surface area (Å²) in [4.78, 5) is 47.7. The van der Waals surface area contributed by atoms with Gasteiger partial charge in [-0.25, -0.2) is 19.1 Å². The van der Waals surface area contributed by atoms with Crippen molar-refractivity contribution >= 4 is 34.4 Å². The van der Waals surface area contributed by atoms with E-state index in [2.05, 4.69) is 27.1 Å². The number of carbonyl (C=O) groups is 1. The number of fused-ring (bicyclic) bond motifs is 1. The number of hydrogen-bond donors (Lipinski definition) is 2. The van der Waals surface area contributed by atoms with Crippen molar-refractivity contribution in [3.05, 3.63) is 110 Å². The first-order chi connectivity index (χ1) is 26.4. The minimum Gasteiger partial charge on any atom is -0.497 e. The molecule has 2 N–H and O–H groups in total. The van der Waals surface area contributed by atoms with Gasteiger partial charge in [-0.3, -0.25) is 4.57 Å². The van der Waals surface area contributed by atoms with E-state index in [9.17, 15) is 9.59 Å². The third-order valence-electron chi connectivity index (χ3n) is 9.34. The van der Waals surface area contributed by atoms with Gasteiger partial charge < -0.3 is 34.1 Å². The zero-order valence-electron chi connectivity index (χ0n) is 30.6. The Labute approximate surface area is 316 Å². The van der Waals surface area contributed by atoms with Gasteiger partial charge >= 0.3 is 17.8 Å². The van der Waals surface area contributed by atoms with Crippen LogP contribution < -0.4 is 30.1 Å². The molecule has 4 aromatic heterocycles. The maximum atomic E-state index is 13.7. The second-order valence-electron chi connectivity index (χ2n) is 13.1. The third-order valence-corrected chi connectivity index (χ3v) is 10.4. The number of thiophene rings is 1. The lowest BCUT2D eigenvalue weighted by molar-refractivity contribution is 0.141. The fraction of sp³-hybridized carbons (Fsp3) is 0.359. The van der Waals surface area contributed by atoms with Crippen LogP contribution in [0, 0.1) is 0 Å². The van der Waals surface area contributed by atoms with E-state index in [0.29, 0.717) is 42.5 Å². The lowest BCUT2D eigenvalue weighted by atomic mass is 10.1. The maximum absolute atomic E-state index is 13.7. The molecule has 0 aliphatic carbocycles. The van der Waals surface area contributed by atoms with E-state index in [4.69, 9.17) is 28.9 Å². The van der Waals surface area contributed by atoms with Gasteiger partial charge in [0.15, 0.2) is 11.5 Å². The van der Waals surface area contributed by atoms with E-state index in [1.807, 2.05) is 60.7 Å². The summed E-state index contributed by atoms with van der Waals surface area (Å²) in [6, 6.07) is 19.8. The molecule has 5 heterocycles. The number of carbonyl (C=O) groups excluding carboxylic acids is 1. The van der Waals surface area contributed by atoms with Crippen LogP contribution in [-0.4, -0.2) is 69.1 Å². The highest BCUT2D eigenvalue weighted by molar-refractivity contribution is 7.11. The van der Waals surface area contributed by atoms with Crippen molar-refractivity contribution in [2.75, 3.05) is 38.8 Å². The molecule has 1 fully saturated rings. The van der Waals surface area contributed by atoms with Gasteiger partial charge in [-0.2, -0.15) is 9.97 Å². The quantitative estimate of drug-likeness (QED) is 0.111. The summed E-state index contributed by atoms with van der Waals surface area (Å²) in [5.74, 6) is 2.95. The smallest absolute Gasteiger partial charge is 0.419 e. The molecule has 0 saturated carbocycles. The molecular weight excluding hydrogens is 709 g/mol. The molecule has 7 rings (SSSR count). The number of unbranched alkanes of at least 4 members (excludes halogenated alkanes) is 1. The fourth-order valence-corrected chi connectivity index (χ4v) is 7.36. The molecule has 1 atom stereocenters. The van der Waals surface area contributed by atoms with Crippen LogP contribution in [0.5, 0.6) is 17.5 Å². The van der Waals surface area contributed by atoms with E-state index in [-0.39, 0.29) is 30.8 Å². The molecule has 0 radical (unpaired) electrons. The number of imidazole rings is 2. The Kier molecular flexibility index (Phi) is 11.5. The van der Waals surface area contributed by atoms with E-state index in [0.717, 1.165) is 64.7 Å². The van der Waals surface area contributed by atoms with Gasteiger partial charge in [0.1, 0.15) is 29.4 Å². The number of hydrogen-bond acceptors (Lipinski definition) is 12. The number of aromatic nitrogens is 6. The van der Waals surface area contributed by atoms with Gasteiger partial charge in [0.05, 0.1) is 27.4 Å². The molecule has 14 nitrogen and oxygen atoms in total.